The summed E-state index contributed by atoms with van der Waals surface area (Å²) in [4.78, 5) is 17.6. The molecule has 108 valence electrons. The van der Waals surface area contributed by atoms with E-state index in [0.717, 1.165) is 21.0 Å². The van der Waals surface area contributed by atoms with Crippen LogP contribution in [0.3, 0.4) is 0 Å². The van der Waals surface area contributed by atoms with Gasteiger partial charge in [0.05, 0.1) is 6.54 Å². The third-order valence-electron chi connectivity index (χ3n) is 2.95. The fraction of sp³-hybridized carbons (Fsp3) is 0.250. The van der Waals surface area contributed by atoms with Crippen LogP contribution in [0.2, 0.25) is 0 Å². The topological polar surface area (TPSA) is 62.2 Å². The molecule has 2 N–H and O–H groups in total. The van der Waals surface area contributed by atoms with E-state index in [1.165, 1.54) is 0 Å². The van der Waals surface area contributed by atoms with Gasteiger partial charge in [-0.2, -0.15) is 0 Å². The van der Waals surface area contributed by atoms with Crippen molar-refractivity contribution in [2.24, 2.45) is 0 Å². The van der Waals surface area contributed by atoms with Crippen molar-refractivity contribution in [1.82, 2.24) is 10.3 Å². The molecule has 0 spiro atoms. The van der Waals surface area contributed by atoms with E-state index in [0.29, 0.717) is 12.1 Å². The lowest BCUT2D eigenvalue weighted by molar-refractivity contribution is 0.0950. The summed E-state index contributed by atoms with van der Waals surface area (Å²) >= 11 is 1.57. The molecule has 0 unspecified atom stereocenters. The molecular weight excluding hydrogens is 284 g/mol. The zero-order valence-electron chi connectivity index (χ0n) is 11.9. The van der Waals surface area contributed by atoms with Crippen LogP contribution in [0.25, 0.3) is 0 Å². The van der Waals surface area contributed by atoms with E-state index in [2.05, 4.69) is 22.1 Å². The lowest BCUT2D eigenvalue weighted by atomic mass is 10.0. The molecule has 1 heterocycles. The van der Waals surface area contributed by atoms with Gasteiger partial charge in [0.1, 0.15) is 11.6 Å². The predicted octanol–water partition coefficient (Wildman–Crippen LogP) is 2.03. The molecule has 1 amide bonds. The third kappa shape index (κ3) is 3.91. The Hall–Kier alpha value is -2.16. The van der Waals surface area contributed by atoms with Crippen LogP contribution >= 0.6 is 11.3 Å². The van der Waals surface area contributed by atoms with E-state index in [4.69, 9.17) is 5.11 Å². The van der Waals surface area contributed by atoms with Crippen LogP contribution in [-0.4, -0.2) is 22.6 Å². The summed E-state index contributed by atoms with van der Waals surface area (Å²) in [5.41, 5.74) is 2.15. The average molecular weight is 300 g/mol. The van der Waals surface area contributed by atoms with Crippen LogP contribution in [0.15, 0.2) is 24.4 Å². The van der Waals surface area contributed by atoms with E-state index < -0.39 is 0 Å². The number of carbonyl (C=O) groups is 1. The Morgan fingerprint density at radius 3 is 2.90 bits per heavy atom. The third-order valence-corrected chi connectivity index (χ3v) is 3.86. The first kappa shape index (κ1) is 15.2. The second-order valence-corrected chi connectivity index (χ2v) is 5.80. The minimum Gasteiger partial charge on any atom is -0.384 e. The summed E-state index contributed by atoms with van der Waals surface area (Å²) in [5.74, 6) is 5.30. The van der Waals surface area contributed by atoms with Crippen molar-refractivity contribution in [3.05, 3.63) is 51.0 Å². The molecule has 0 atom stereocenters. The fourth-order valence-electron chi connectivity index (χ4n) is 1.89. The van der Waals surface area contributed by atoms with Gasteiger partial charge in [0, 0.05) is 22.2 Å². The van der Waals surface area contributed by atoms with Gasteiger partial charge < -0.3 is 10.4 Å². The minimum absolute atomic E-state index is 0.145. The number of aromatic nitrogens is 1. The Morgan fingerprint density at radius 1 is 1.43 bits per heavy atom. The first-order chi connectivity index (χ1) is 10.1. The van der Waals surface area contributed by atoms with E-state index in [1.54, 1.807) is 29.7 Å². The number of nitrogens with one attached hydrogen (secondary N) is 1. The molecule has 5 heteroatoms. The smallest absolute Gasteiger partial charge is 0.251 e. The molecule has 0 saturated heterocycles. The van der Waals surface area contributed by atoms with Gasteiger partial charge in [0.15, 0.2) is 0 Å². The first-order valence-electron chi connectivity index (χ1n) is 6.50. The van der Waals surface area contributed by atoms with Crippen molar-refractivity contribution < 1.29 is 9.90 Å². The monoisotopic (exact) mass is 300 g/mol. The van der Waals surface area contributed by atoms with Crippen molar-refractivity contribution in [1.29, 1.82) is 0 Å². The lowest BCUT2D eigenvalue weighted by Gasteiger charge is -2.08. The van der Waals surface area contributed by atoms with Gasteiger partial charge in [-0.05, 0) is 31.5 Å². The summed E-state index contributed by atoms with van der Waals surface area (Å²) in [6.07, 6.45) is 1.79. The number of hydrogen-bond acceptors (Lipinski definition) is 4. The summed E-state index contributed by atoms with van der Waals surface area (Å²) in [7, 11) is 0. The van der Waals surface area contributed by atoms with Crippen LogP contribution in [-0.2, 0) is 6.54 Å². The maximum absolute atomic E-state index is 12.2. The Kier molecular flexibility index (Phi) is 5.09. The van der Waals surface area contributed by atoms with Gasteiger partial charge in [-0.1, -0.05) is 17.9 Å². The summed E-state index contributed by atoms with van der Waals surface area (Å²) in [6.45, 7) is 4.06. The van der Waals surface area contributed by atoms with Gasteiger partial charge in [-0.15, -0.1) is 11.3 Å². The Balaban J connectivity index is 2.12. The SMILES string of the molecule is Cc1cnc(CNC(=O)c2cccc(C#CCO)c2C)s1. The zero-order valence-corrected chi connectivity index (χ0v) is 12.8. The van der Waals surface area contributed by atoms with Gasteiger partial charge >= 0.3 is 0 Å². The van der Waals surface area contributed by atoms with Crippen molar-refractivity contribution in [3.8, 4) is 11.8 Å². The Morgan fingerprint density at radius 2 is 2.24 bits per heavy atom. The largest absolute Gasteiger partial charge is 0.384 e. The van der Waals surface area contributed by atoms with Crippen molar-refractivity contribution in [3.63, 3.8) is 0 Å². The molecule has 0 aliphatic heterocycles. The Labute approximate surface area is 127 Å². The number of aryl methyl sites for hydroxylation is 1. The molecular formula is C16H16N2O2S. The van der Waals surface area contributed by atoms with Crippen molar-refractivity contribution in [2.75, 3.05) is 6.61 Å². The minimum atomic E-state index is -0.195. The highest BCUT2D eigenvalue weighted by Gasteiger charge is 2.11. The number of thiazole rings is 1. The van der Waals surface area contributed by atoms with Gasteiger partial charge in [0.25, 0.3) is 5.91 Å². The summed E-state index contributed by atoms with van der Waals surface area (Å²) in [5, 5.41) is 12.5. The molecule has 2 aromatic rings. The number of aliphatic hydroxyl groups is 1. The van der Waals surface area contributed by atoms with Crippen LogP contribution in [0.1, 0.15) is 31.4 Å². The first-order valence-corrected chi connectivity index (χ1v) is 7.32. The van der Waals surface area contributed by atoms with Crippen LogP contribution in [0.5, 0.6) is 0 Å². The average Bonchev–Trinajstić information content (AvgIpc) is 2.89. The van der Waals surface area contributed by atoms with Gasteiger partial charge in [-0.3, -0.25) is 4.79 Å². The lowest BCUT2D eigenvalue weighted by Crippen LogP contribution is -2.23. The highest BCUT2D eigenvalue weighted by Crippen LogP contribution is 2.14. The molecule has 21 heavy (non-hydrogen) atoms. The van der Waals surface area contributed by atoms with E-state index in [9.17, 15) is 4.79 Å². The standard InChI is InChI=1S/C16H16N2O2S/c1-11-9-17-15(21-11)10-18-16(20)14-7-3-5-13(12(14)2)6-4-8-19/h3,5,7,9,19H,8,10H2,1-2H3,(H,18,20). The molecule has 2 rings (SSSR count). The molecule has 0 fully saturated rings. The number of nitrogens with zero attached hydrogens (tertiary/aromatic N) is 1. The molecule has 0 bridgehead atoms. The number of carbonyl (C=O) groups excluding carboxylic acids is 1. The Bertz CT molecular complexity index is 711. The summed E-state index contributed by atoms with van der Waals surface area (Å²) < 4.78 is 0. The number of hydrogen-bond donors (Lipinski definition) is 2. The van der Waals surface area contributed by atoms with Crippen LogP contribution < -0.4 is 5.32 Å². The number of benzene rings is 1. The molecule has 0 radical (unpaired) electrons. The maximum Gasteiger partial charge on any atom is 0.251 e. The van der Waals surface area contributed by atoms with E-state index in [1.807, 2.05) is 19.9 Å². The predicted molar refractivity (Wildman–Crippen MR) is 83.2 cm³/mol. The molecule has 0 aliphatic rings. The normalized spacial score (nSPS) is 9.86. The number of amides is 1. The van der Waals surface area contributed by atoms with Crippen LogP contribution in [0, 0.1) is 25.7 Å². The number of rotatable bonds is 3. The van der Waals surface area contributed by atoms with Crippen molar-refractivity contribution in [2.45, 2.75) is 20.4 Å². The molecule has 1 aromatic carbocycles. The molecule has 0 aliphatic carbocycles. The van der Waals surface area contributed by atoms with Crippen molar-refractivity contribution >= 4 is 17.2 Å². The number of aliphatic hydroxyl groups excluding tert-OH is 1. The second kappa shape index (κ2) is 7.02. The van der Waals surface area contributed by atoms with E-state index >= 15 is 0 Å². The maximum atomic E-state index is 12.2. The van der Waals surface area contributed by atoms with E-state index in [-0.39, 0.29) is 12.5 Å². The highest BCUT2D eigenvalue weighted by molar-refractivity contribution is 7.11. The highest BCUT2D eigenvalue weighted by atomic mass is 32.1. The van der Waals surface area contributed by atoms with Crippen LogP contribution in [0.4, 0.5) is 0 Å². The quantitative estimate of drug-likeness (QED) is 0.853. The molecule has 1 aromatic heterocycles. The molecule has 4 nitrogen and oxygen atoms in total. The second-order valence-electron chi connectivity index (χ2n) is 4.49. The van der Waals surface area contributed by atoms with Gasteiger partial charge in [0.2, 0.25) is 0 Å². The molecule has 0 saturated carbocycles. The van der Waals surface area contributed by atoms with Gasteiger partial charge in [-0.25, -0.2) is 4.98 Å². The zero-order chi connectivity index (χ0) is 15.2. The fourth-order valence-corrected chi connectivity index (χ4v) is 2.61. The summed E-state index contributed by atoms with van der Waals surface area (Å²) in [6, 6.07) is 5.39.